The summed E-state index contributed by atoms with van der Waals surface area (Å²) in [4.78, 5) is 11.8. The van der Waals surface area contributed by atoms with Crippen LogP contribution in [0.15, 0.2) is 24.3 Å². The second kappa shape index (κ2) is 5.90. The third kappa shape index (κ3) is 3.24. The molecule has 0 radical (unpaired) electrons. The molecule has 1 rings (SSSR count). The van der Waals surface area contributed by atoms with Gasteiger partial charge in [0.1, 0.15) is 0 Å². The second-order valence-electron chi connectivity index (χ2n) is 4.03. The normalized spacial score (nSPS) is 12.6. The van der Waals surface area contributed by atoms with Crippen molar-refractivity contribution in [3.05, 3.63) is 34.9 Å². The first-order valence-electron chi connectivity index (χ1n) is 5.48. The molecule has 0 aliphatic carbocycles. The van der Waals surface area contributed by atoms with Crippen molar-refractivity contribution in [1.82, 2.24) is 0 Å². The number of rotatable bonds is 4. The van der Waals surface area contributed by atoms with Crippen LogP contribution in [0.5, 0.6) is 0 Å². The van der Waals surface area contributed by atoms with Crippen LogP contribution >= 0.6 is 11.6 Å². The van der Waals surface area contributed by atoms with E-state index in [0.717, 1.165) is 5.56 Å². The predicted octanol–water partition coefficient (Wildman–Crippen LogP) is 3.64. The third-order valence-corrected chi connectivity index (χ3v) is 2.69. The summed E-state index contributed by atoms with van der Waals surface area (Å²) in [5, 5.41) is 0.676. The average Bonchev–Trinajstić information content (AvgIpc) is 2.21. The first kappa shape index (κ1) is 13.0. The maximum atomic E-state index is 11.8. The molecule has 0 amide bonds. The number of ether oxygens (including phenoxy) is 1. The Labute approximate surface area is 102 Å². The summed E-state index contributed by atoms with van der Waals surface area (Å²) in [5.74, 6) is -0.169. The molecule has 0 aliphatic rings. The van der Waals surface area contributed by atoms with E-state index in [0.29, 0.717) is 11.6 Å². The molecular formula is C13H17ClO2. The van der Waals surface area contributed by atoms with Gasteiger partial charge in [0.05, 0.1) is 12.5 Å². The minimum atomic E-state index is -0.211. The summed E-state index contributed by atoms with van der Waals surface area (Å²) < 4.78 is 5.08. The number of hydrogen-bond acceptors (Lipinski definition) is 2. The number of carbonyl (C=O) groups excluding carboxylic acids is 1. The molecule has 1 aromatic rings. The van der Waals surface area contributed by atoms with Crippen molar-refractivity contribution in [2.45, 2.75) is 26.7 Å². The van der Waals surface area contributed by atoms with Crippen LogP contribution in [-0.4, -0.2) is 12.6 Å². The lowest BCUT2D eigenvalue weighted by molar-refractivity contribution is -0.146. The summed E-state index contributed by atoms with van der Waals surface area (Å²) >= 11 is 5.82. The second-order valence-corrected chi connectivity index (χ2v) is 4.46. The molecule has 0 saturated carbocycles. The lowest BCUT2D eigenvalue weighted by atomic mass is 9.88. The highest BCUT2D eigenvalue weighted by atomic mass is 35.5. The number of esters is 1. The summed E-state index contributed by atoms with van der Waals surface area (Å²) in [5.41, 5.74) is 0.956. The molecule has 0 bridgehead atoms. The van der Waals surface area contributed by atoms with Gasteiger partial charge in [0.15, 0.2) is 0 Å². The molecule has 0 aromatic heterocycles. The van der Waals surface area contributed by atoms with Crippen LogP contribution in [0.1, 0.15) is 32.3 Å². The molecule has 0 aliphatic heterocycles. The highest BCUT2D eigenvalue weighted by Crippen LogP contribution is 2.26. The highest BCUT2D eigenvalue weighted by molar-refractivity contribution is 6.30. The van der Waals surface area contributed by atoms with Crippen molar-refractivity contribution in [3.8, 4) is 0 Å². The van der Waals surface area contributed by atoms with Gasteiger partial charge in [-0.2, -0.15) is 0 Å². The smallest absolute Gasteiger partial charge is 0.313 e. The molecule has 0 unspecified atom stereocenters. The molecule has 2 nitrogen and oxygen atoms in total. The Bertz CT molecular complexity index is 343. The largest absolute Gasteiger partial charge is 0.466 e. The molecule has 1 atom stereocenters. The van der Waals surface area contributed by atoms with E-state index in [1.54, 1.807) is 12.1 Å². The van der Waals surface area contributed by atoms with E-state index in [9.17, 15) is 4.79 Å². The molecule has 0 N–H and O–H groups in total. The van der Waals surface area contributed by atoms with Crippen molar-refractivity contribution < 1.29 is 9.53 Å². The third-order valence-electron chi connectivity index (χ3n) is 2.44. The Morgan fingerprint density at radius 3 is 2.31 bits per heavy atom. The van der Waals surface area contributed by atoms with E-state index in [-0.39, 0.29) is 17.8 Å². The van der Waals surface area contributed by atoms with Crippen LogP contribution in [0.4, 0.5) is 0 Å². The Morgan fingerprint density at radius 1 is 1.31 bits per heavy atom. The Balaban J connectivity index is 2.93. The SMILES string of the molecule is CCOC(=O)[C@@H](c1ccc(Cl)cc1)C(C)C. The van der Waals surface area contributed by atoms with Gasteiger partial charge in [-0.3, -0.25) is 4.79 Å². The zero-order valence-electron chi connectivity index (χ0n) is 9.87. The van der Waals surface area contributed by atoms with E-state index in [1.165, 1.54) is 0 Å². The topological polar surface area (TPSA) is 26.3 Å². The lowest BCUT2D eigenvalue weighted by Gasteiger charge is -2.19. The molecule has 0 saturated heterocycles. The molecule has 0 spiro atoms. The van der Waals surface area contributed by atoms with Crippen molar-refractivity contribution in [2.75, 3.05) is 6.61 Å². The summed E-state index contributed by atoms with van der Waals surface area (Å²) in [6.07, 6.45) is 0. The maximum absolute atomic E-state index is 11.8. The van der Waals surface area contributed by atoms with Gasteiger partial charge in [0.25, 0.3) is 0 Å². The van der Waals surface area contributed by atoms with Crippen molar-refractivity contribution >= 4 is 17.6 Å². The highest BCUT2D eigenvalue weighted by Gasteiger charge is 2.25. The Kier molecular flexibility index (Phi) is 4.81. The molecule has 16 heavy (non-hydrogen) atoms. The van der Waals surface area contributed by atoms with Gasteiger partial charge in [-0.1, -0.05) is 37.6 Å². The van der Waals surface area contributed by atoms with Crippen molar-refractivity contribution in [2.24, 2.45) is 5.92 Å². The van der Waals surface area contributed by atoms with Gasteiger partial charge in [0, 0.05) is 5.02 Å². The van der Waals surface area contributed by atoms with Gasteiger partial charge in [-0.15, -0.1) is 0 Å². The first-order valence-corrected chi connectivity index (χ1v) is 5.86. The van der Waals surface area contributed by atoms with Crippen molar-refractivity contribution in [1.29, 1.82) is 0 Å². The minimum Gasteiger partial charge on any atom is -0.466 e. The quantitative estimate of drug-likeness (QED) is 0.751. The first-order chi connectivity index (χ1) is 7.56. The van der Waals surface area contributed by atoms with Gasteiger partial charge < -0.3 is 4.74 Å². The van der Waals surface area contributed by atoms with Crippen LogP contribution in [0, 0.1) is 5.92 Å². The Hall–Kier alpha value is -1.02. The summed E-state index contributed by atoms with van der Waals surface area (Å²) in [6, 6.07) is 7.35. The Morgan fingerprint density at radius 2 is 1.88 bits per heavy atom. The fourth-order valence-electron chi connectivity index (χ4n) is 1.70. The molecule has 88 valence electrons. The van der Waals surface area contributed by atoms with E-state index in [1.807, 2.05) is 32.9 Å². The van der Waals surface area contributed by atoms with E-state index in [4.69, 9.17) is 16.3 Å². The molecular weight excluding hydrogens is 224 g/mol. The summed E-state index contributed by atoms with van der Waals surface area (Å²) in [6.45, 7) is 6.25. The number of carbonyl (C=O) groups is 1. The van der Waals surface area contributed by atoms with Gasteiger partial charge in [-0.25, -0.2) is 0 Å². The van der Waals surface area contributed by atoms with Crippen LogP contribution in [0.3, 0.4) is 0 Å². The van der Waals surface area contributed by atoms with Crippen molar-refractivity contribution in [3.63, 3.8) is 0 Å². The molecule has 0 heterocycles. The monoisotopic (exact) mass is 240 g/mol. The van der Waals surface area contributed by atoms with Gasteiger partial charge >= 0.3 is 5.97 Å². The zero-order valence-corrected chi connectivity index (χ0v) is 10.6. The zero-order chi connectivity index (χ0) is 12.1. The van der Waals surface area contributed by atoms with Crippen LogP contribution in [-0.2, 0) is 9.53 Å². The number of halogens is 1. The van der Waals surface area contributed by atoms with Gasteiger partial charge in [-0.05, 0) is 30.5 Å². The number of hydrogen-bond donors (Lipinski definition) is 0. The molecule has 0 fully saturated rings. The van der Waals surface area contributed by atoms with Crippen LogP contribution in [0.25, 0.3) is 0 Å². The maximum Gasteiger partial charge on any atom is 0.313 e. The number of benzene rings is 1. The van der Waals surface area contributed by atoms with Crippen LogP contribution in [0.2, 0.25) is 5.02 Å². The van der Waals surface area contributed by atoms with E-state index < -0.39 is 0 Å². The fraction of sp³-hybridized carbons (Fsp3) is 0.462. The predicted molar refractivity (Wildman–Crippen MR) is 65.7 cm³/mol. The van der Waals surface area contributed by atoms with Gasteiger partial charge in [0.2, 0.25) is 0 Å². The molecule has 1 aromatic carbocycles. The molecule has 3 heteroatoms. The minimum absolute atomic E-state index is 0.167. The van der Waals surface area contributed by atoms with E-state index >= 15 is 0 Å². The van der Waals surface area contributed by atoms with E-state index in [2.05, 4.69) is 0 Å². The standard InChI is InChI=1S/C13H17ClO2/c1-4-16-13(15)12(9(2)3)10-5-7-11(14)8-6-10/h5-9,12H,4H2,1-3H3/t12-/m1/s1. The van der Waals surface area contributed by atoms with Crippen LogP contribution < -0.4 is 0 Å². The fourth-order valence-corrected chi connectivity index (χ4v) is 1.82. The lowest BCUT2D eigenvalue weighted by Crippen LogP contribution is -2.20. The summed E-state index contributed by atoms with van der Waals surface area (Å²) in [7, 11) is 0. The average molecular weight is 241 g/mol.